The Morgan fingerprint density at radius 3 is 2.65 bits per heavy atom. The molecule has 9 nitrogen and oxygen atoms in total. The lowest BCUT2D eigenvalue weighted by Crippen LogP contribution is -2.19. The monoisotopic (exact) mass is 396 g/mol. The van der Waals surface area contributed by atoms with Gasteiger partial charge in [-0.3, -0.25) is 0 Å². The molecule has 0 amide bonds. The molecular formula is C15H18Cl2N8O. The highest BCUT2D eigenvalue weighted by molar-refractivity contribution is 6.43. The number of ether oxygens (including phenoxy) is 1. The Hall–Kier alpha value is -2.49. The standard InChI is InChI=1S/C15H18Cl2N8O/c1-19-25(20-2)7-9-26-8-6-21-15-22-14(18)13(23-24-15)10-4-3-5-11(16)12(10)17/h3-5H,1-2,6-9H2,(H3,18,21,22,24). The third-order valence-electron chi connectivity index (χ3n) is 3.21. The van der Waals surface area contributed by atoms with Crippen molar-refractivity contribution in [3.63, 3.8) is 0 Å². The largest absolute Gasteiger partial charge is 0.382 e. The third-order valence-corrected chi connectivity index (χ3v) is 4.03. The molecule has 26 heavy (non-hydrogen) atoms. The minimum Gasteiger partial charge on any atom is -0.382 e. The van der Waals surface area contributed by atoms with Gasteiger partial charge < -0.3 is 15.8 Å². The van der Waals surface area contributed by atoms with Crippen LogP contribution >= 0.6 is 23.2 Å². The van der Waals surface area contributed by atoms with Gasteiger partial charge in [0.15, 0.2) is 5.82 Å². The Labute approximate surface area is 160 Å². The van der Waals surface area contributed by atoms with Crippen molar-refractivity contribution in [3.05, 3.63) is 28.2 Å². The summed E-state index contributed by atoms with van der Waals surface area (Å²) < 4.78 is 5.42. The highest BCUT2D eigenvalue weighted by Gasteiger charge is 2.13. The molecule has 2 aromatic rings. The molecule has 3 N–H and O–H groups in total. The van der Waals surface area contributed by atoms with Gasteiger partial charge in [-0.1, -0.05) is 35.3 Å². The molecule has 138 valence electrons. The van der Waals surface area contributed by atoms with E-state index >= 15 is 0 Å². The Kier molecular flexibility index (Phi) is 7.52. The van der Waals surface area contributed by atoms with Crippen LogP contribution in [0.1, 0.15) is 0 Å². The van der Waals surface area contributed by atoms with Crippen LogP contribution in [0.25, 0.3) is 11.3 Å². The molecule has 0 spiro atoms. The molecule has 11 heteroatoms. The molecule has 0 saturated heterocycles. The molecule has 0 aliphatic carbocycles. The highest BCUT2D eigenvalue weighted by Crippen LogP contribution is 2.34. The Morgan fingerprint density at radius 1 is 1.19 bits per heavy atom. The minimum atomic E-state index is 0.192. The number of nitrogens with two attached hydrogens (primary N) is 1. The van der Waals surface area contributed by atoms with Crippen LogP contribution in [0, 0.1) is 0 Å². The average Bonchev–Trinajstić information content (AvgIpc) is 2.64. The van der Waals surface area contributed by atoms with Gasteiger partial charge in [0.2, 0.25) is 5.95 Å². The molecule has 0 radical (unpaired) electrons. The maximum atomic E-state index is 6.17. The normalized spacial score (nSPS) is 10.4. The molecule has 0 bridgehead atoms. The number of halogens is 2. The van der Waals surface area contributed by atoms with E-state index in [1.54, 1.807) is 18.2 Å². The lowest BCUT2D eigenvalue weighted by Gasteiger charge is -2.11. The zero-order valence-electron chi connectivity index (χ0n) is 13.9. The van der Waals surface area contributed by atoms with Gasteiger partial charge in [0.1, 0.15) is 5.69 Å². The van der Waals surface area contributed by atoms with Crippen LogP contribution in [-0.2, 0) is 4.74 Å². The van der Waals surface area contributed by atoms with E-state index in [4.69, 9.17) is 33.7 Å². The average molecular weight is 397 g/mol. The summed E-state index contributed by atoms with van der Waals surface area (Å²) in [6.07, 6.45) is 0. The van der Waals surface area contributed by atoms with Crippen LogP contribution < -0.4 is 11.1 Å². The summed E-state index contributed by atoms with van der Waals surface area (Å²) >= 11 is 12.2. The van der Waals surface area contributed by atoms with Crippen LogP contribution in [0.2, 0.25) is 10.0 Å². The zero-order chi connectivity index (χ0) is 18.9. The molecule has 0 aliphatic heterocycles. The third kappa shape index (κ3) is 5.25. The van der Waals surface area contributed by atoms with Crippen LogP contribution in [0.5, 0.6) is 0 Å². The number of benzene rings is 1. The first kappa shape index (κ1) is 19.8. The molecule has 1 heterocycles. The Bertz CT molecular complexity index is 765. The van der Waals surface area contributed by atoms with Crippen LogP contribution in [0.3, 0.4) is 0 Å². The maximum absolute atomic E-state index is 6.17. The molecule has 2 rings (SSSR count). The fourth-order valence-corrected chi connectivity index (χ4v) is 2.35. The van der Waals surface area contributed by atoms with Crippen LogP contribution in [0.15, 0.2) is 28.4 Å². The SMILES string of the molecule is C=NN(CCOCCNc1nnc(-c2cccc(Cl)c2Cl)c(N)n1)N=C. The molecule has 0 unspecified atom stereocenters. The summed E-state index contributed by atoms with van der Waals surface area (Å²) in [5.41, 5.74) is 6.90. The molecule has 1 aromatic carbocycles. The second kappa shape index (κ2) is 9.85. The number of aromatic nitrogens is 3. The van der Waals surface area contributed by atoms with E-state index in [0.29, 0.717) is 47.6 Å². The van der Waals surface area contributed by atoms with E-state index in [0.717, 1.165) is 0 Å². The van der Waals surface area contributed by atoms with E-state index in [2.05, 4.69) is 44.1 Å². The van der Waals surface area contributed by atoms with Gasteiger partial charge in [0.05, 0.1) is 29.8 Å². The van der Waals surface area contributed by atoms with Crippen molar-refractivity contribution in [2.45, 2.75) is 0 Å². The topological polar surface area (TPSA) is 114 Å². The lowest BCUT2D eigenvalue weighted by atomic mass is 10.1. The molecule has 0 aliphatic rings. The van der Waals surface area contributed by atoms with Gasteiger partial charge in [-0.2, -0.15) is 20.3 Å². The van der Waals surface area contributed by atoms with E-state index in [9.17, 15) is 0 Å². The zero-order valence-corrected chi connectivity index (χ0v) is 15.4. The second-order valence-electron chi connectivity index (χ2n) is 4.89. The summed E-state index contributed by atoms with van der Waals surface area (Å²) in [7, 11) is 0. The number of hydrogen-bond donors (Lipinski definition) is 2. The van der Waals surface area contributed by atoms with Crippen molar-refractivity contribution in [1.29, 1.82) is 0 Å². The van der Waals surface area contributed by atoms with Gasteiger partial charge >= 0.3 is 0 Å². The number of nitrogens with zero attached hydrogens (tertiary/aromatic N) is 6. The summed E-state index contributed by atoms with van der Waals surface area (Å²) in [5.74, 6) is 0.479. The van der Waals surface area contributed by atoms with Gasteiger partial charge in [0.25, 0.3) is 0 Å². The first-order valence-electron chi connectivity index (χ1n) is 7.53. The van der Waals surface area contributed by atoms with E-state index in [1.807, 2.05) is 0 Å². The van der Waals surface area contributed by atoms with Crippen molar-refractivity contribution >= 4 is 48.4 Å². The fraction of sp³-hybridized carbons (Fsp3) is 0.267. The van der Waals surface area contributed by atoms with Crippen LogP contribution in [0.4, 0.5) is 11.8 Å². The second-order valence-corrected chi connectivity index (χ2v) is 5.67. The lowest BCUT2D eigenvalue weighted by molar-refractivity contribution is 0.114. The van der Waals surface area contributed by atoms with Crippen molar-refractivity contribution in [2.24, 2.45) is 10.2 Å². The molecule has 0 fully saturated rings. The molecule has 1 aromatic heterocycles. The van der Waals surface area contributed by atoms with E-state index in [1.165, 1.54) is 5.12 Å². The van der Waals surface area contributed by atoms with Gasteiger partial charge in [0, 0.05) is 25.5 Å². The van der Waals surface area contributed by atoms with Crippen molar-refractivity contribution in [1.82, 2.24) is 20.3 Å². The first-order chi connectivity index (χ1) is 12.6. The summed E-state index contributed by atoms with van der Waals surface area (Å²) in [6, 6.07) is 5.17. The van der Waals surface area contributed by atoms with Gasteiger partial charge in [-0.05, 0) is 6.07 Å². The highest BCUT2D eigenvalue weighted by atomic mass is 35.5. The summed E-state index contributed by atoms with van der Waals surface area (Å²) in [5, 5.41) is 20.4. The predicted molar refractivity (Wildman–Crippen MR) is 105 cm³/mol. The number of anilines is 2. The smallest absolute Gasteiger partial charge is 0.244 e. The van der Waals surface area contributed by atoms with E-state index < -0.39 is 0 Å². The van der Waals surface area contributed by atoms with Crippen molar-refractivity contribution in [2.75, 3.05) is 37.4 Å². The molecule has 0 saturated carbocycles. The predicted octanol–water partition coefficient (Wildman–Crippen LogP) is 2.39. The van der Waals surface area contributed by atoms with Crippen LogP contribution in [-0.4, -0.2) is 60.0 Å². The summed E-state index contributed by atoms with van der Waals surface area (Å²) in [4.78, 5) is 4.17. The number of hydrazone groups is 2. The number of hydrogen-bond acceptors (Lipinski definition) is 9. The molecular weight excluding hydrogens is 379 g/mol. The van der Waals surface area contributed by atoms with Crippen molar-refractivity contribution in [3.8, 4) is 11.3 Å². The summed E-state index contributed by atoms with van der Waals surface area (Å²) in [6.45, 7) is 8.50. The van der Waals surface area contributed by atoms with Crippen molar-refractivity contribution < 1.29 is 4.74 Å². The van der Waals surface area contributed by atoms with Gasteiger partial charge in [-0.25, -0.2) is 0 Å². The Morgan fingerprint density at radius 2 is 1.96 bits per heavy atom. The fourth-order valence-electron chi connectivity index (χ4n) is 1.96. The maximum Gasteiger partial charge on any atom is 0.244 e. The van der Waals surface area contributed by atoms with Gasteiger partial charge in [-0.15, -0.1) is 10.2 Å². The number of nitrogen functional groups attached to an aromatic ring is 1. The number of rotatable bonds is 10. The van der Waals surface area contributed by atoms with E-state index in [-0.39, 0.29) is 11.8 Å². The minimum absolute atomic E-state index is 0.192. The Balaban J connectivity index is 1.87. The first-order valence-corrected chi connectivity index (χ1v) is 8.29. The number of nitrogens with one attached hydrogen (secondary N) is 1. The molecule has 0 atom stereocenters. The quantitative estimate of drug-likeness (QED) is 0.359.